The Labute approximate surface area is 171 Å². The van der Waals surface area contributed by atoms with E-state index in [1.165, 1.54) is 0 Å². The van der Waals surface area contributed by atoms with Gasteiger partial charge in [0.15, 0.2) is 21.9 Å². The minimum Gasteiger partial charge on any atom is -0.350 e. The number of aromatic nitrogens is 4. The molecule has 0 spiro atoms. The Morgan fingerprint density at radius 2 is 1.11 bits per heavy atom. The molecule has 0 bridgehead atoms. The molecule has 0 aliphatic rings. The van der Waals surface area contributed by atoms with Crippen LogP contribution in [0.25, 0.3) is 0 Å². The van der Waals surface area contributed by atoms with Gasteiger partial charge in [-0.3, -0.25) is 0 Å². The standard InChI is InChI=1S/C16H12Cl2F2N6.C2H6/c17-13-11(19)7-23-15(25-13)21-5-9-1-2-10(4-3-9)6-22-16-24-8-12(20)14(18)26-16;1-2/h1-4,7-8H,5-6H2,(H,21,23,25)(H,22,24,26);1-2H3. The molecule has 148 valence electrons. The van der Waals surface area contributed by atoms with E-state index in [1.54, 1.807) is 0 Å². The molecule has 6 nitrogen and oxygen atoms in total. The first-order valence-corrected chi connectivity index (χ1v) is 9.18. The summed E-state index contributed by atoms with van der Waals surface area (Å²) in [6.07, 6.45) is 2.02. The van der Waals surface area contributed by atoms with Gasteiger partial charge < -0.3 is 10.6 Å². The van der Waals surface area contributed by atoms with Crippen LogP contribution in [0.4, 0.5) is 20.7 Å². The summed E-state index contributed by atoms with van der Waals surface area (Å²) in [6, 6.07) is 7.64. The average molecular weight is 427 g/mol. The van der Waals surface area contributed by atoms with Gasteiger partial charge in [0.2, 0.25) is 11.9 Å². The molecule has 2 N–H and O–H groups in total. The first kappa shape index (κ1) is 21.7. The lowest BCUT2D eigenvalue weighted by Gasteiger charge is -2.08. The van der Waals surface area contributed by atoms with E-state index >= 15 is 0 Å². The fraction of sp³-hybridized carbons (Fsp3) is 0.222. The number of halogens is 4. The molecule has 0 atom stereocenters. The van der Waals surface area contributed by atoms with Crippen molar-refractivity contribution in [3.63, 3.8) is 0 Å². The van der Waals surface area contributed by atoms with Gasteiger partial charge in [0, 0.05) is 13.1 Å². The van der Waals surface area contributed by atoms with Crippen LogP contribution >= 0.6 is 23.2 Å². The second-order valence-electron chi connectivity index (χ2n) is 5.19. The first-order chi connectivity index (χ1) is 13.5. The molecule has 0 unspecified atom stereocenters. The number of hydrogen-bond donors (Lipinski definition) is 2. The molecule has 0 aliphatic carbocycles. The number of nitrogens with zero attached hydrogens (tertiary/aromatic N) is 4. The molecule has 0 fully saturated rings. The van der Waals surface area contributed by atoms with E-state index < -0.39 is 11.6 Å². The van der Waals surface area contributed by atoms with E-state index in [1.807, 2.05) is 38.1 Å². The van der Waals surface area contributed by atoms with Crippen molar-refractivity contribution >= 4 is 35.1 Å². The number of anilines is 2. The minimum atomic E-state index is -0.666. The van der Waals surface area contributed by atoms with E-state index in [2.05, 4.69) is 30.6 Å². The fourth-order valence-corrected chi connectivity index (χ4v) is 2.26. The van der Waals surface area contributed by atoms with E-state index in [0.717, 1.165) is 23.5 Å². The van der Waals surface area contributed by atoms with Gasteiger partial charge in [-0.05, 0) is 11.1 Å². The molecular formula is C18H18Cl2F2N6. The second kappa shape index (κ2) is 10.7. The van der Waals surface area contributed by atoms with Gasteiger partial charge in [0.05, 0.1) is 12.4 Å². The van der Waals surface area contributed by atoms with Crippen LogP contribution in [0.15, 0.2) is 36.7 Å². The molecule has 3 rings (SSSR count). The lowest BCUT2D eigenvalue weighted by Crippen LogP contribution is -2.06. The lowest BCUT2D eigenvalue weighted by molar-refractivity contribution is 0.614. The zero-order valence-corrected chi connectivity index (χ0v) is 16.7. The summed E-state index contributed by atoms with van der Waals surface area (Å²) in [5.74, 6) is -0.846. The Balaban J connectivity index is 0.00000136. The molecule has 3 aromatic rings. The lowest BCUT2D eigenvalue weighted by atomic mass is 10.1. The Hall–Kier alpha value is -2.58. The van der Waals surface area contributed by atoms with E-state index in [0.29, 0.717) is 13.1 Å². The first-order valence-electron chi connectivity index (χ1n) is 8.43. The van der Waals surface area contributed by atoms with E-state index in [9.17, 15) is 8.78 Å². The molecule has 0 saturated carbocycles. The fourth-order valence-electron chi connectivity index (χ4n) is 2.00. The highest BCUT2D eigenvalue weighted by molar-refractivity contribution is 6.29. The molecule has 1 aromatic carbocycles. The van der Waals surface area contributed by atoms with E-state index in [-0.39, 0.29) is 22.2 Å². The highest BCUT2D eigenvalue weighted by atomic mass is 35.5. The van der Waals surface area contributed by atoms with Crippen molar-refractivity contribution in [2.24, 2.45) is 0 Å². The number of nitrogens with one attached hydrogen (secondary N) is 2. The van der Waals surface area contributed by atoms with Crippen LogP contribution in [0.3, 0.4) is 0 Å². The molecule has 0 amide bonds. The van der Waals surface area contributed by atoms with Crippen molar-refractivity contribution in [2.75, 3.05) is 10.6 Å². The summed E-state index contributed by atoms with van der Waals surface area (Å²) in [7, 11) is 0. The maximum atomic E-state index is 13.0. The summed E-state index contributed by atoms with van der Waals surface area (Å²) in [5, 5.41) is 5.46. The largest absolute Gasteiger partial charge is 0.350 e. The van der Waals surface area contributed by atoms with Crippen molar-refractivity contribution in [3.05, 3.63) is 69.7 Å². The second-order valence-corrected chi connectivity index (χ2v) is 5.90. The number of rotatable bonds is 6. The Bertz CT molecular complexity index is 835. The zero-order chi connectivity index (χ0) is 20.5. The number of hydrogen-bond acceptors (Lipinski definition) is 6. The van der Waals surface area contributed by atoms with Gasteiger partial charge >= 0.3 is 0 Å². The molecule has 10 heteroatoms. The maximum absolute atomic E-state index is 13.0. The summed E-state index contributed by atoms with van der Waals surface area (Å²) in [4.78, 5) is 15.2. The normalized spacial score (nSPS) is 10.1. The van der Waals surface area contributed by atoms with Crippen LogP contribution in [0, 0.1) is 11.6 Å². The molecule has 28 heavy (non-hydrogen) atoms. The Kier molecular flexibility index (Phi) is 8.28. The quantitative estimate of drug-likeness (QED) is 0.533. The van der Waals surface area contributed by atoms with Gasteiger partial charge in [-0.2, -0.15) is 9.97 Å². The van der Waals surface area contributed by atoms with Crippen LogP contribution < -0.4 is 10.6 Å². The molecule has 0 saturated heterocycles. The third kappa shape index (κ3) is 6.24. The van der Waals surface area contributed by atoms with Crippen molar-refractivity contribution in [1.29, 1.82) is 0 Å². The average Bonchev–Trinajstić information content (AvgIpc) is 2.72. The Morgan fingerprint density at radius 1 is 0.750 bits per heavy atom. The van der Waals surface area contributed by atoms with Gasteiger partial charge in [0.25, 0.3) is 0 Å². The SMILES string of the molecule is CC.Fc1cnc(NCc2ccc(CNc3ncc(F)c(Cl)n3)cc2)nc1Cl. The molecule has 2 heterocycles. The summed E-state index contributed by atoms with van der Waals surface area (Å²) in [6.45, 7) is 4.90. The molecule has 0 aliphatic heterocycles. The highest BCUT2D eigenvalue weighted by Gasteiger charge is 2.05. The van der Waals surface area contributed by atoms with Crippen LogP contribution in [0.1, 0.15) is 25.0 Å². The van der Waals surface area contributed by atoms with Crippen LogP contribution in [-0.4, -0.2) is 19.9 Å². The predicted octanol–water partition coefficient (Wildman–Crippen LogP) is 5.10. The highest BCUT2D eigenvalue weighted by Crippen LogP contribution is 2.14. The van der Waals surface area contributed by atoms with Gasteiger partial charge in [0.1, 0.15) is 0 Å². The number of benzene rings is 1. The van der Waals surface area contributed by atoms with Crippen molar-refractivity contribution in [1.82, 2.24) is 19.9 Å². The van der Waals surface area contributed by atoms with Crippen LogP contribution in [-0.2, 0) is 13.1 Å². The van der Waals surface area contributed by atoms with E-state index in [4.69, 9.17) is 23.2 Å². The van der Waals surface area contributed by atoms with Crippen LogP contribution in [0.2, 0.25) is 10.3 Å². The minimum absolute atomic E-state index is 0.230. The maximum Gasteiger partial charge on any atom is 0.224 e. The Morgan fingerprint density at radius 3 is 1.43 bits per heavy atom. The van der Waals surface area contributed by atoms with Crippen molar-refractivity contribution < 1.29 is 8.78 Å². The van der Waals surface area contributed by atoms with Crippen LogP contribution in [0.5, 0.6) is 0 Å². The molecule has 2 aromatic heterocycles. The van der Waals surface area contributed by atoms with Crippen molar-refractivity contribution in [2.45, 2.75) is 26.9 Å². The smallest absolute Gasteiger partial charge is 0.224 e. The van der Waals surface area contributed by atoms with Gasteiger partial charge in [-0.25, -0.2) is 18.7 Å². The predicted molar refractivity (Wildman–Crippen MR) is 106 cm³/mol. The van der Waals surface area contributed by atoms with Crippen molar-refractivity contribution in [3.8, 4) is 0 Å². The summed E-state index contributed by atoms with van der Waals surface area (Å²) >= 11 is 11.2. The van der Waals surface area contributed by atoms with Gasteiger partial charge in [-0.15, -0.1) is 0 Å². The summed E-state index contributed by atoms with van der Waals surface area (Å²) in [5.41, 5.74) is 1.94. The third-order valence-electron chi connectivity index (χ3n) is 3.33. The topological polar surface area (TPSA) is 75.6 Å². The third-order valence-corrected chi connectivity index (χ3v) is 3.86. The summed E-state index contributed by atoms with van der Waals surface area (Å²) < 4.78 is 26.0. The monoisotopic (exact) mass is 426 g/mol. The molecular weight excluding hydrogens is 409 g/mol. The van der Waals surface area contributed by atoms with Gasteiger partial charge in [-0.1, -0.05) is 61.3 Å². The molecule has 0 radical (unpaired) electrons. The zero-order valence-electron chi connectivity index (χ0n) is 15.2.